The lowest BCUT2D eigenvalue weighted by Gasteiger charge is -2.35. The highest BCUT2D eigenvalue weighted by molar-refractivity contribution is 6.22. The molecule has 0 bridgehead atoms. The minimum Gasteiger partial charge on any atom is -0.338 e. The topological polar surface area (TPSA) is 60.9 Å². The lowest BCUT2D eigenvalue weighted by atomic mass is 10.1. The Labute approximate surface area is 129 Å². The standard InChI is InChI=1S/C16H19N3O3/c1-11(14(20)18-9-7-17(2)8-10-18)19-15(21)12-5-3-4-6-13(12)16(19)22/h3-6,11H,7-10H2,1-2H3/t11-/m0/s1. The molecule has 22 heavy (non-hydrogen) atoms. The monoisotopic (exact) mass is 301 g/mol. The molecule has 1 atom stereocenters. The van der Waals surface area contributed by atoms with Crippen LogP contribution >= 0.6 is 0 Å². The van der Waals surface area contributed by atoms with Crippen molar-refractivity contribution in [3.8, 4) is 0 Å². The SMILES string of the molecule is C[C@@H](C(=O)N1CCN(C)CC1)N1C(=O)c2ccccc2C1=O. The maximum absolute atomic E-state index is 12.6. The first kappa shape index (κ1) is 14.7. The molecule has 2 heterocycles. The van der Waals surface area contributed by atoms with Crippen molar-refractivity contribution in [2.45, 2.75) is 13.0 Å². The van der Waals surface area contributed by atoms with Crippen molar-refractivity contribution in [3.05, 3.63) is 35.4 Å². The molecule has 116 valence electrons. The Morgan fingerprint density at radius 3 is 2.00 bits per heavy atom. The van der Waals surface area contributed by atoms with Crippen LogP contribution in [0.15, 0.2) is 24.3 Å². The molecular formula is C16H19N3O3. The fourth-order valence-electron chi connectivity index (χ4n) is 2.96. The molecule has 2 aliphatic rings. The van der Waals surface area contributed by atoms with Gasteiger partial charge in [0.2, 0.25) is 5.91 Å². The fourth-order valence-corrected chi connectivity index (χ4v) is 2.96. The Balaban J connectivity index is 1.79. The van der Waals surface area contributed by atoms with E-state index in [0.717, 1.165) is 18.0 Å². The first-order valence-electron chi connectivity index (χ1n) is 7.45. The van der Waals surface area contributed by atoms with Crippen LogP contribution in [0.25, 0.3) is 0 Å². The second-order valence-corrected chi connectivity index (χ2v) is 5.83. The van der Waals surface area contributed by atoms with Crippen LogP contribution in [0.3, 0.4) is 0 Å². The molecule has 6 heteroatoms. The summed E-state index contributed by atoms with van der Waals surface area (Å²) in [5, 5.41) is 0. The van der Waals surface area contributed by atoms with Gasteiger partial charge in [0.1, 0.15) is 6.04 Å². The normalized spacial score (nSPS) is 20.3. The molecule has 0 spiro atoms. The Hall–Kier alpha value is -2.21. The average molecular weight is 301 g/mol. The number of piperazine rings is 1. The molecule has 1 saturated heterocycles. The molecule has 0 aliphatic carbocycles. The number of imide groups is 1. The second kappa shape index (κ2) is 5.53. The van der Waals surface area contributed by atoms with Crippen molar-refractivity contribution in [2.24, 2.45) is 0 Å². The summed E-state index contributed by atoms with van der Waals surface area (Å²) in [7, 11) is 2.01. The molecule has 0 aromatic heterocycles. The average Bonchev–Trinajstić information content (AvgIpc) is 2.79. The van der Waals surface area contributed by atoms with Gasteiger partial charge in [0.25, 0.3) is 11.8 Å². The Bertz CT molecular complexity index is 600. The van der Waals surface area contributed by atoms with E-state index in [1.165, 1.54) is 0 Å². The van der Waals surface area contributed by atoms with Crippen LogP contribution in [0.5, 0.6) is 0 Å². The van der Waals surface area contributed by atoms with Gasteiger partial charge in [-0.1, -0.05) is 12.1 Å². The van der Waals surface area contributed by atoms with Crippen molar-refractivity contribution in [2.75, 3.05) is 33.2 Å². The van der Waals surface area contributed by atoms with Gasteiger partial charge in [-0.05, 0) is 26.1 Å². The predicted octanol–water partition coefficient (Wildman–Crippen LogP) is 0.445. The van der Waals surface area contributed by atoms with Crippen LogP contribution in [-0.2, 0) is 4.79 Å². The lowest BCUT2D eigenvalue weighted by molar-refractivity contribution is -0.136. The van der Waals surface area contributed by atoms with Gasteiger partial charge in [-0.15, -0.1) is 0 Å². The molecule has 3 amide bonds. The highest BCUT2D eigenvalue weighted by Gasteiger charge is 2.41. The lowest BCUT2D eigenvalue weighted by Crippen LogP contribution is -2.54. The Morgan fingerprint density at radius 2 is 1.50 bits per heavy atom. The number of nitrogens with zero attached hydrogens (tertiary/aromatic N) is 3. The molecule has 1 fully saturated rings. The zero-order chi connectivity index (χ0) is 15.9. The van der Waals surface area contributed by atoms with E-state index in [1.807, 2.05) is 7.05 Å². The predicted molar refractivity (Wildman–Crippen MR) is 80.5 cm³/mol. The molecule has 1 aromatic carbocycles. The van der Waals surface area contributed by atoms with E-state index in [9.17, 15) is 14.4 Å². The minimum absolute atomic E-state index is 0.164. The summed E-state index contributed by atoms with van der Waals surface area (Å²) >= 11 is 0. The number of benzene rings is 1. The summed E-state index contributed by atoms with van der Waals surface area (Å²) in [6, 6.07) is 5.93. The highest BCUT2D eigenvalue weighted by Crippen LogP contribution is 2.25. The summed E-state index contributed by atoms with van der Waals surface area (Å²) < 4.78 is 0. The number of rotatable bonds is 2. The molecule has 0 unspecified atom stereocenters. The minimum atomic E-state index is -0.768. The van der Waals surface area contributed by atoms with Gasteiger partial charge in [0.15, 0.2) is 0 Å². The third-order valence-corrected chi connectivity index (χ3v) is 4.39. The van der Waals surface area contributed by atoms with E-state index in [1.54, 1.807) is 36.1 Å². The summed E-state index contributed by atoms with van der Waals surface area (Å²) in [4.78, 5) is 42.4. The van der Waals surface area contributed by atoms with Crippen LogP contribution in [0.1, 0.15) is 27.6 Å². The second-order valence-electron chi connectivity index (χ2n) is 5.83. The summed E-state index contributed by atoms with van der Waals surface area (Å²) in [5.41, 5.74) is 0.760. The number of hydrogen-bond donors (Lipinski definition) is 0. The van der Waals surface area contributed by atoms with E-state index in [2.05, 4.69) is 4.90 Å². The van der Waals surface area contributed by atoms with Crippen molar-refractivity contribution in [1.82, 2.24) is 14.7 Å². The van der Waals surface area contributed by atoms with Crippen LogP contribution in [0.2, 0.25) is 0 Å². The van der Waals surface area contributed by atoms with Crippen molar-refractivity contribution in [3.63, 3.8) is 0 Å². The first-order chi connectivity index (χ1) is 10.5. The largest absolute Gasteiger partial charge is 0.338 e. The van der Waals surface area contributed by atoms with E-state index >= 15 is 0 Å². The van der Waals surface area contributed by atoms with E-state index in [0.29, 0.717) is 24.2 Å². The van der Waals surface area contributed by atoms with Gasteiger partial charge in [-0.3, -0.25) is 19.3 Å². The van der Waals surface area contributed by atoms with Gasteiger partial charge in [-0.25, -0.2) is 0 Å². The zero-order valence-electron chi connectivity index (χ0n) is 12.8. The third kappa shape index (κ3) is 2.29. The number of carbonyl (C=O) groups is 3. The number of likely N-dealkylation sites (N-methyl/N-ethyl adjacent to an activating group) is 1. The molecule has 0 saturated carbocycles. The van der Waals surface area contributed by atoms with Crippen molar-refractivity contribution >= 4 is 17.7 Å². The van der Waals surface area contributed by atoms with Gasteiger partial charge in [0.05, 0.1) is 11.1 Å². The number of hydrogen-bond acceptors (Lipinski definition) is 4. The van der Waals surface area contributed by atoms with E-state index in [-0.39, 0.29) is 17.7 Å². The van der Waals surface area contributed by atoms with Crippen molar-refractivity contribution in [1.29, 1.82) is 0 Å². The van der Waals surface area contributed by atoms with E-state index < -0.39 is 6.04 Å². The van der Waals surface area contributed by atoms with Gasteiger partial charge in [0, 0.05) is 26.2 Å². The first-order valence-corrected chi connectivity index (χ1v) is 7.45. The Kier molecular flexibility index (Phi) is 3.70. The third-order valence-electron chi connectivity index (χ3n) is 4.39. The van der Waals surface area contributed by atoms with Gasteiger partial charge < -0.3 is 9.80 Å². The van der Waals surface area contributed by atoms with Gasteiger partial charge in [-0.2, -0.15) is 0 Å². The molecule has 1 aromatic rings. The van der Waals surface area contributed by atoms with Crippen LogP contribution < -0.4 is 0 Å². The van der Waals surface area contributed by atoms with E-state index in [4.69, 9.17) is 0 Å². The van der Waals surface area contributed by atoms with Crippen molar-refractivity contribution < 1.29 is 14.4 Å². The van der Waals surface area contributed by atoms with Crippen LogP contribution in [-0.4, -0.2) is 71.7 Å². The van der Waals surface area contributed by atoms with Gasteiger partial charge >= 0.3 is 0 Å². The maximum Gasteiger partial charge on any atom is 0.262 e. The Morgan fingerprint density at radius 1 is 1.00 bits per heavy atom. The summed E-state index contributed by atoms with van der Waals surface area (Å²) in [5.74, 6) is -0.922. The quantitative estimate of drug-likeness (QED) is 0.744. The zero-order valence-corrected chi connectivity index (χ0v) is 12.8. The summed E-state index contributed by atoms with van der Waals surface area (Å²) in [6.45, 7) is 4.50. The highest BCUT2D eigenvalue weighted by atomic mass is 16.2. The van der Waals surface area contributed by atoms with Crippen LogP contribution in [0, 0.1) is 0 Å². The molecule has 0 radical (unpaired) electrons. The molecular weight excluding hydrogens is 282 g/mol. The molecule has 6 nitrogen and oxygen atoms in total. The number of amides is 3. The summed E-state index contributed by atoms with van der Waals surface area (Å²) in [6.07, 6.45) is 0. The maximum atomic E-state index is 12.6. The number of fused-ring (bicyclic) bond motifs is 1. The molecule has 0 N–H and O–H groups in total. The van der Waals surface area contributed by atoms with Crippen LogP contribution in [0.4, 0.5) is 0 Å². The molecule has 2 aliphatic heterocycles. The fraction of sp³-hybridized carbons (Fsp3) is 0.438. The smallest absolute Gasteiger partial charge is 0.262 e. The number of carbonyl (C=O) groups excluding carboxylic acids is 3. The molecule has 3 rings (SSSR count).